The van der Waals surface area contributed by atoms with Crippen molar-refractivity contribution in [2.45, 2.75) is 104 Å². The standard InChI is InChI=1S/C53H65N5O7S/c1-6-45(37-16-22-41(59)23-17-37)48(38-18-24-42(60)25-19-38)39-20-26-44(27-21-39)65-30-29-54-47(62)11-9-7-8-10-28-55-50(53(3,4)5)52(64)58-33-43(61)31-46(58)51(63)56-32-36-12-14-40(15-13-36)49-35(2)57-34-66-49/h12-27,34,43,46,50,55,59-61H,6-11,28-33H2,1-5H3,(H,54,62)(H,56,63)/t43-,46+,50?/m1/s1. The fourth-order valence-electron chi connectivity index (χ4n) is 8.40. The monoisotopic (exact) mass is 915 g/mol. The molecule has 4 aromatic carbocycles. The number of phenolic OH excluding ortho intramolecular Hbond substituents is 2. The van der Waals surface area contributed by atoms with E-state index in [0.717, 1.165) is 81.6 Å². The molecule has 0 bridgehead atoms. The van der Waals surface area contributed by atoms with Gasteiger partial charge in [0.25, 0.3) is 0 Å². The quantitative estimate of drug-likeness (QED) is 0.0311. The van der Waals surface area contributed by atoms with E-state index in [0.29, 0.717) is 38.4 Å². The minimum atomic E-state index is -0.774. The van der Waals surface area contributed by atoms with Crippen LogP contribution >= 0.6 is 11.3 Å². The van der Waals surface area contributed by atoms with Gasteiger partial charge >= 0.3 is 0 Å². The molecule has 3 amide bonds. The second kappa shape index (κ2) is 23.4. The van der Waals surface area contributed by atoms with Crippen LogP contribution in [-0.2, 0) is 20.9 Å². The number of β-amino-alcohol motifs (C(OH)–C–C–N with tert-alkyl or cyclic N) is 1. The number of thiazole rings is 1. The zero-order chi connectivity index (χ0) is 47.2. The topological polar surface area (TPSA) is 173 Å². The van der Waals surface area contributed by atoms with Gasteiger partial charge in [0.1, 0.15) is 29.9 Å². The Hall–Kier alpha value is -6.02. The Morgan fingerprint density at radius 2 is 1.44 bits per heavy atom. The SMILES string of the molecule is CCC(=C(c1ccc(O)cc1)c1ccc(OCCNC(=O)CCCCCCNC(C(=O)N2C[C@H](O)C[C@H]2C(=O)NCc2ccc(-c3scnc3C)cc2)C(C)(C)C)cc1)c1ccc(O)cc1. The lowest BCUT2D eigenvalue weighted by Crippen LogP contribution is -2.56. The molecule has 3 atom stereocenters. The van der Waals surface area contributed by atoms with Crippen LogP contribution in [0.15, 0.2) is 103 Å². The van der Waals surface area contributed by atoms with Gasteiger partial charge in [-0.3, -0.25) is 14.4 Å². The minimum Gasteiger partial charge on any atom is -0.508 e. The number of amides is 3. The number of ether oxygens (including phenoxy) is 1. The van der Waals surface area contributed by atoms with Crippen molar-refractivity contribution < 1.29 is 34.4 Å². The molecular formula is C53H65N5O7S. The van der Waals surface area contributed by atoms with Crippen molar-refractivity contribution in [3.8, 4) is 27.7 Å². The summed E-state index contributed by atoms with van der Waals surface area (Å²) in [4.78, 5) is 47.1. The van der Waals surface area contributed by atoms with Crippen molar-refractivity contribution in [1.82, 2.24) is 25.8 Å². The Balaban J connectivity index is 0.894. The zero-order valence-corrected chi connectivity index (χ0v) is 39.6. The van der Waals surface area contributed by atoms with Crippen LogP contribution in [0, 0.1) is 12.3 Å². The lowest BCUT2D eigenvalue weighted by atomic mass is 9.85. The highest BCUT2D eigenvalue weighted by Crippen LogP contribution is 2.36. The summed E-state index contributed by atoms with van der Waals surface area (Å²) in [5.41, 5.74) is 9.47. The third-order valence-corrected chi connectivity index (χ3v) is 12.9. The van der Waals surface area contributed by atoms with Crippen molar-refractivity contribution in [2.75, 3.05) is 26.2 Å². The van der Waals surface area contributed by atoms with E-state index >= 15 is 0 Å². The van der Waals surface area contributed by atoms with Crippen LogP contribution in [0.5, 0.6) is 17.2 Å². The van der Waals surface area contributed by atoms with E-state index in [-0.39, 0.29) is 42.2 Å². The average molecular weight is 916 g/mol. The molecule has 13 heteroatoms. The molecule has 1 saturated heterocycles. The summed E-state index contributed by atoms with van der Waals surface area (Å²) in [7, 11) is 0. The highest BCUT2D eigenvalue weighted by atomic mass is 32.1. The molecule has 0 spiro atoms. The van der Waals surface area contributed by atoms with Crippen LogP contribution in [0.25, 0.3) is 21.6 Å². The molecule has 0 saturated carbocycles. The number of aliphatic hydroxyl groups excluding tert-OH is 1. The molecule has 1 aromatic heterocycles. The summed E-state index contributed by atoms with van der Waals surface area (Å²) in [6.45, 7) is 11.8. The maximum Gasteiger partial charge on any atom is 0.243 e. The first-order valence-electron chi connectivity index (χ1n) is 23.0. The number of hydrogen-bond donors (Lipinski definition) is 6. The second-order valence-corrected chi connectivity index (χ2v) is 18.9. The van der Waals surface area contributed by atoms with Gasteiger partial charge in [0.2, 0.25) is 17.7 Å². The van der Waals surface area contributed by atoms with E-state index in [1.165, 1.54) is 4.90 Å². The fraction of sp³-hybridized carbons (Fsp3) is 0.396. The number of nitrogens with zero attached hydrogens (tertiary/aromatic N) is 2. The summed E-state index contributed by atoms with van der Waals surface area (Å²) in [5.74, 6) is 0.592. The number of aromatic hydroxyl groups is 2. The number of aryl methyl sites for hydroxylation is 1. The van der Waals surface area contributed by atoms with Crippen LogP contribution in [0.3, 0.4) is 0 Å². The number of rotatable bonds is 21. The van der Waals surface area contributed by atoms with Crippen molar-refractivity contribution in [1.29, 1.82) is 0 Å². The molecule has 5 aromatic rings. The van der Waals surface area contributed by atoms with Gasteiger partial charge in [-0.2, -0.15) is 0 Å². The van der Waals surface area contributed by atoms with Crippen molar-refractivity contribution in [3.63, 3.8) is 0 Å². The Morgan fingerprint density at radius 1 is 0.818 bits per heavy atom. The number of unbranched alkanes of at least 4 members (excludes halogenated alkanes) is 3. The lowest BCUT2D eigenvalue weighted by Gasteiger charge is -2.35. The molecule has 2 heterocycles. The number of aliphatic hydroxyl groups is 1. The van der Waals surface area contributed by atoms with E-state index in [2.05, 4.69) is 27.9 Å². The fourth-order valence-corrected chi connectivity index (χ4v) is 9.21. The average Bonchev–Trinajstić information content (AvgIpc) is 3.92. The third-order valence-electron chi connectivity index (χ3n) is 11.9. The molecule has 6 N–H and O–H groups in total. The number of benzene rings is 4. The predicted octanol–water partition coefficient (Wildman–Crippen LogP) is 8.63. The summed E-state index contributed by atoms with van der Waals surface area (Å²) in [5, 5.41) is 39.8. The number of aromatic nitrogens is 1. The molecule has 350 valence electrons. The van der Waals surface area contributed by atoms with E-state index < -0.39 is 23.6 Å². The van der Waals surface area contributed by atoms with Crippen LogP contribution in [0.2, 0.25) is 0 Å². The summed E-state index contributed by atoms with van der Waals surface area (Å²) in [6, 6.07) is 28.9. The molecule has 1 aliphatic rings. The highest BCUT2D eigenvalue weighted by molar-refractivity contribution is 7.13. The summed E-state index contributed by atoms with van der Waals surface area (Å²) >= 11 is 1.59. The van der Waals surface area contributed by atoms with Gasteiger partial charge in [-0.15, -0.1) is 11.3 Å². The number of nitrogens with one attached hydrogen (secondary N) is 3. The molecule has 1 fully saturated rings. The first-order valence-corrected chi connectivity index (χ1v) is 23.9. The number of phenols is 2. The number of likely N-dealkylation sites (tertiary alicyclic amines) is 1. The van der Waals surface area contributed by atoms with Crippen LogP contribution in [0.1, 0.15) is 101 Å². The van der Waals surface area contributed by atoms with Gasteiger partial charge in [0.15, 0.2) is 0 Å². The lowest BCUT2D eigenvalue weighted by molar-refractivity contribution is -0.142. The number of hydrogen-bond acceptors (Lipinski definition) is 10. The Bertz CT molecular complexity index is 2390. The van der Waals surface area contributed by atoms with Gasteiger partial charge in [-0.1, -0.05) is 101 Å². The smallest absolute Gasteiger partial charge is 0.243 e. The number of allylic oxidation sites excluding steroid dienone is 1. The van der Waals surface area contributed by atoms with Crippen molar-refractivity contribution in [3.05, 3.63) is 131 Å². The van der Waals surface area contributed by atoms with E-state index in [4.69, 9.17) is 4.74 Å². The molecule has 1 unspecified atom stereocenters. The van der Waals surface area contributed by atoms with Crippen LogP contribution < -0.4 is 20.7 Å². The molecule has 12 nitrogen and oxygen atoms in total. The van der Waals surface area contributed by atoms with Crippen LogP contribution in [-0.4, -0.2) is 87.4 Å². The number of carbonyl (C=O) groups is 3. The van der Waals surface area contributed by atoms with Crippen molar-refractivity contribution >= 4 is 40.2 Å². The first-order chi connectivity index (χ1) is 31.7. The van der Waals surface area contributed by atoms with Gasteiger partial charge in [0, 0.05) is 25.9 Å². The predicted molar refractivity (Wildman–Crippen MR) is 262 cm³/mol. The zero-order valence-electron chi connectivity index (χ0n) is 38.8. The van der Waals surface area contributed by atoms with Gasteiger partial charge in [0.05, 0.1) is 34.8 Å². The first kappa shape index (κ1) is 49.4. The van der Waals surface area contributed by atoms with Gasteiger partial charge in [-0.05, 0) is 114 Å². The third kappa shape index (κ3) is 13.5. The molecule has 1 aliphatic heterocycles. The second-order valence-electron chi connectivity index (χ2n) is 18.0. The normalized spacial score (nSPS) is 15.8. The van der Waals surface area contributed by atoms with E-state index in [1.54, 1.807) is 35.6 Å². The summed E-state index contributed by atoms with van der Waals surface area (Å²) in [6.07, 6.45) is 3.91. The molecular weight excluding hydrogens is 851 g/mol. The van der Waals surface area contributed by atoms with Crippen LogP contribution in [0.4, 0.5) is 0 Å². The molecule has 6 rings (SSSR count). The Kier molecular flexibility index (Phi) is 17.5. The Morgan fingerprint density at radius 3 is 2.05 bits per heavy atom. The highest BCUT2D eigenvalue weighted by Gasteiger charge is 2.43. The summed E-state index contributed by atoms with van der Waals surface area (Å²) < 4.78 is 5.97. The van der Waals surface area contributed by atoms with Gasteiger partial charge < -0.3 is 40.9 Å². The largest absolute Gasteiger partial charge is 0.508 e. The Labute approximate surface area is 393 Å². The van der Waals surface area contributed by atoms with E-state index in [9.17, 15) is 29.7 Å². The molecule has 66 heavy (non-hydrogen) atoms. The van der Waals surface area contributed by atoms with Crippen molar-refractivity contribution in [2.24, 2.45) is 5.41 Å². The molecule has 0 aliphatic carbocycles. The molecule has 0 radical (unpaired) electrons. The minimum absolute atomic E-state index is 0.0262. The maximum atomic E-state index is 14.0. The van der Waals surface area contributed by atoms with E-state index in [1.807, 2.05) is 106 Å². The van der Waals surface area contributed by atoms with Gasteiger partial charge in [-0.25, -0.2) is 4.98 Å². The maximum absolute atomic E-state index is 14.0. The number of carbonyl (C=O) groups excluding carboxylic acids is 3.